The first-order chi connectivity index (χ1) is 14.4. The summed E-state index contributed by atoms with van der Waals surface area (Å²) in [5.74, 6) is -1.38. The number of ether oxygens (including phenoxy) is 1. The Morgan fingerprint density at radius 3 is 2.37 bits per heavy atom. The molecule has 1 amide bonds. The molecule has 150 valence electrons. The standard InChI is InChI=1S/C21H14ClN3O5/c22-17-9-7-15(8-10-17)20(26)24-23-13-14-6-11-19(18(12-14)25(28)29)30-21(27)16-4-2-1-3-5-16/h1-13H,(H,24,26)/b23-13-. The highest BCUT2D eigenvalue weighted by molar-refractivity contribution is 6.30. The zero-order valence-electron chi connectivity index (χ0n) is 15.3. The van der Waals surface area contributed by atoms with Crippen LogP contribution in [0, 0.1) is 10.1 Å². The third-order valence-corrected chi connectivity index (χ3v) is 4.13. The normalized spacial score (nSPS) is 10.6. The quantitative estimate of drug-likeness (QED) is 0.210. The molecule has 0 aliphatic heterocycles. The Labute approximate surface area is 175 Å². The van der Waals surface area contributed by atoms with Crippen LogP contribution in [-0.2, 0) is 0 Å². The van der Waals surface area contributed by atoms with Gasteiger partial charge in [0.15, 0.2) is 0 Å². The van der Waals surface area contributed by atoms with Crippen molar-refractivity contribution in [1.82, 2.24) is 5.43 Å². The van der Waals surface area contributed by atoms with Gasteiger partial charge in [-0.3, -0.25) is 14.9 Å². The molecule has 0 saturated carbocycles. The van der Waals surface area contributed by atoms with Crippen LogP contribution in [0.25, 0.3) is 0 Å². The third kappa shape index (κ3) is 5.27. The lowest BCUT2D eigenvalue weighted by Crippen LogP contribution is -2.17. The minimum atomic E-state index is -0.713. The van der Waals surface area contributed by atoms with Crippen LogP contribution in [0.15, 0.2) is 77.9 Å². The Bertz CT molecular complexity index is 1120. The molecule has 0 spiro atoms. The number of nitrogens with one attached hydrogen (secondary N) is 1. The fraction of sp³-hybridized carbons (Fsp3) is 0. The molecular weight excluding hydrogens is 410 g/mol. The molecule has 3 rings (SSSR count). The fourth-order valence-corrected chi connectivity index (χ4v) is 2.53. The average Bonchev–Trinajstić information content (AvgIpc) is 2.75. The maximum absolute atomic E-state index is 12.1. The van der Waals surface area contributed by atoms with Crippen LogP contribution in [0.2, 0.25) is 5.02 Å². The van der Waals surface area contributed by atoms with E-state index in [4.69, 9.17) is 16.3 Å². The number of halogens is 1. The van der Waals surface area contributed by atoms with Crippen LogP contribution < -0.4 is 10.2 Å². The Morgan fingerprint density at radius 1 is 1.00 bits per heavy atom. The lowest BCUT2D eigenvalue weighted by Gasteiger charge is -2.06. The minimum absolute atomic E-state index is 0.198. The van der Waals surface area contributed by atoms with Crippen molar-refractivity contribution >= 4 is 35.4 Å². The monoisotopic (exact) mass is 423 g/mol. The molecule has 0 fully saturated rings. The second kappa shape index (κ2) is 9.44. The van der Waals surface area contributed by atoms with Crippen LogP contribution in [0.1, 0.15) is 26.3 Å². The molecule has 3 aromatic carbocycles. The van der Waals surface area contributed by atoms with Crippen molar-refractivity contribution in [2.24, 2.45) is 5.10 Å². The summed E-state index contributed by atoms with van der Waals surface area (Å²) in [6.07, 6.45) is 1.24. The highest BCUT2D eigenvalue weighted by Gasteiger charge is 2.19. The predicted octanol–water partition coefficient (Wildman–Crippen LogP) is 4.23. The van der Waals surface area contributed by atoms with Gasteiger partial charge in [0.25, 0.3) is 5.91 Å². The molecule has 0 aliphatic rings. The van der Waals surface area contributed by atoms with E-state index >= 15 is 0 Å². The highest BCUT2D eigenvalue weighted by atomic mass is 35.5. The molecule has 1 N–H and O–H groups in total. The van der Waals surface area contributed by atoms with Crippen LogP contribution in [0.5, 0.6) is 5.75 Å². The van der Waals surface area contributed by atoms with Crippen molar-refractivity contribution in [2.75, 3.05) is 0 Å². The lowest BCUT2D eigenvalue weighted by atomic mass is 10.2. The number of nitro benzene ring substituents is 1. The molecule has 3 aromatic rings. The van der Waals surface area contributed by atoms with E-state index in [1.165, 1.54) is 36.5 Å². The largest absolute Gasteiger partial charge is 0.416 e. The summed E-state index contributed by atoms with van der Waals surface area (Å²) < 4.78 is 5.15. The van der Waals surface area contributed by atoms with Gasteiger partial charge in [-0.1, -0.05) is 29.8 Å². The molecule has 0 aromatic heterocycles. The van der Waals surface area contributed by atoms with Gasteiger partial charge in [0, 0.05) is 22.2 Å². The predicted molar refractivity (Wildman–Crippen MR) is 111 cm³/mol. The molecule has 0 unspecified atom stereocenters. The van der Waals surface area contributed by atoms with Crippen LogP contribution >= 0.6 is 11.6 Å². The minimum Gasteiger partial charge on any atom is -0.416 e. The van der Waals surface area contributed by atoms with E-state index in [0.717, 1.165) is 0 Å². The maximum atomic E-state index is 12.1. The SMILES string of the molecule is O=C(N/N=C\c1ccc(OC(=O)c2ccccc2)c([N+](=O)[O-])c1)c1ccc(Cl)cc1. The molecule has 0 radical (unpaired) electrons. The van der Waals surface area contributed by atoms with E-state index in [1.54, 1.807) is 42.5 Å². The number of hydrogen-bond donors (Lipinski definition) is 1. The second-order valence-electron chi connectivity index (χ2n) is 5.95. The van der Waals surface area contributed by atoms with Gasteiger partial charge in [0.05, 0.1) is 16.7 Å². The first-order valence-electron chi connectivity index (χ1n) is 8.58. The van der Waals surface area contributed by atoms with Crippen molar-refractivity contribution in [3.63, 3.8) is 0 Å². The summed E-state index contributed by atoms with van der Waals surface area (Å²) in [6.45, 7) is 0. The van der Waals surface area contributed by atoms with Gasteiger partial charge in [-0.25, -0.2) is 10.2 Å². The molecule has 0 atom stereocenters. The number of hydrogen-bond acceptors (Lipinski definition) is 6. The molecule has 0 saturated heterocycles. The number of rotatable bonds is 6. The van der Waals surface area contributed by atoms with Gasteiger partial charge in [0.1, 0.15) is 0 Å². The van der Waals surface area contributed by atoms with E-state index in [0.29, 0.717) is 16.1 Å². The Hall–Kier alpha value is -4.04. The first-order valence-corrected chi connectivity index (χ1v) is 8.96. The number of nitrogens with zero attached hydrogens (tertiary/aromatic N) is 2. The van der Waals surface area contributed by atoms with Crippen molar-refractivity contribution in [3.8, 4) is 5.75 Å². The summed E-state index contributed by atoms with van der Waals surface area (Å²) in [6, 6.07) is 18.3. The summed E-state index contributed by atoms with van der Waals surface area (Å²) in [5.41, 5.74) is 2.86. The Morgan fingerprint density at radius 2 is 1.70 bits per heavy atom. The van der Waals surface area contributed by atoms with E-state index in [-0.39, 0.29) is 11.3 Å². The van der Waals surface area contributed by atoms with Gasteiger partial charge < -0.3 is 4.74 Å². The average molecular weight is 424 g/mol. The number of carbonyl (C=O) groups excluding carboxylic acids is 2. The van der Waals surface area contributed by atoms with Crippen LogP contribution in [-0.4, -0.2) is 23.0 Å². The fourth-order valence-electron chi connectivity index (χ4n) is 2.41. The number of nitro groups is 1. The van der Waals surface area contributed by atoms with E-state index < -0.39 is 22.5 Å². The number of benzene rings is 3. The second-order valence-corrected chi connectivity index (χ2v) is 6.38. The van der Waals surface area contributed by atoms with E-state index in [1.807, 2.05) is 0 Å². The molecule has 0 heterocycles. The van der Waals surface area contributed by atoms with Gasteiger partial charge >= 0.3 is 11.7 Å². The van der Waals surface area contributed by atoms with E-state index in [9.17, 15) is 19.7 Å². The number of hydrazone groups is 1. The summed E-state index contributed by atoms with van der Waals surface area (Å²) in [4.78, 5) is 34.9. The van der Waals surface area contributed by atoms with Crippen LogP contribution in [0.3, 0.4) is 0 Å². The zero-order valence-corrected chi connectivity index (χ0v) is 16.1. The van der Waals surface area contributed by atoms with Gasteiger partial charge in [-0.05, 0) is 48.5 Å². The number of carbonyl (C=O) groups is 2. The summed E-state index contributed by atoms with van der Waals surface area (Å²) in [7, 11) is 0. The summed E-state index contributed by atoms with van der Waals surface area (Å²) >= 11 is 5.77. The highest BCUT2D eigenvalue weighted by Crippen LogP contribution is 2.28. The maximum Gasteiger partial charge on any atom is 0.343 e. The molecule has 0 bridgehead atoms. The Kier molecular flexibility index (Phi) is 6.51. The molecule has 9 heteroatoms. The molecule has 0 aliphatic carbocycles. The zero-order chi connectivity index (χ0) is 21.5. The topological polar surface area (TPSA) is 111 Å². The third-order valence-electron chi connectivity index (χ3n) is 3.88. The lowest BCUT2D eigenvalue weighted by molar-refractivity contribution is -0.385. The summed E-state index contributed by atoms with van der Waals surface area (Å²) in [5, 5.41) is 15.7. The van der Waals surface area contributed by atoms with Gasteiger partial charge in [0.2, 0.25) is 5.75 Å². The number of amides is 1. The van der Waals surface area contributed by atoms with Crippen molar-refractivity contribution in [3.05, 3.63) is 105 Å². The van der Waals surface area contributed by atoms with E-state index in [2.05, 4.69) is 10.5 Å². The van der Waals surface area contributed by atoms with Crippen molar-refractivity contribution in [1.29, 1.82) is 0 Å². The van der Waals surface area contributed by atoms with Gasteiger partial charge in [-0.15, -0.1) is 0 Å². The molecule has 30 heavy (non-hydrogen) atoms. The van der Waals surface area contributed by atoms with Crippen molar-refractivity contribution in [2.45, 2.75) is 0 Å². The van der Waals surface area contributed by atoms with Crippen LogP contribution in [0.4, 0.5) is 5.69 Å². The first kappa shape index (κ1) is 20.7. The van der Waals surface area contributed by atoms with Gasteiger partial charge in [-0.2, -0.15) is 5.10 Å². The smallest absolute Gasteiger partial charge is 0.343 e. The molecular formula is C21H14ClN3O5. The molecule has 8 nitrogen and oxygen atoms in total. The number of esters is 1. The Balaban J connectivity index is 1.72. The van der Waals surface area contributed by atoms with Crippen molar-refractivity contribution < 1.29 is 19.2 Å².